The van der Waals surface area contributed by atoms with E-state index in [0.717, 1.165) is 24.9 Å². The van der Waals surface area contributed by atoms with E-state index in [2.05, 4.69) is 41.5 Å². The van der Waals surface area contributed by atoms with Crippen molar-refractivity contribution in [3.8, 4) is 0 Å². The number of likely N-dealkylation sites (N-methyl/N-ethyl adjacent to an activating group) is 1. The zero-order chi connectivity index (χ0) is 12.1. The third-order valence-electron chi connectivity index (χ3n) is 3.08. The first-order chi connectivity index (χ1) is 8.35. The van der Waals surface area contributed by atoms with Crippen molar-refractivity contribution in [2.75, 3.05) is 6.54 Å². The van der Waals surface area contributed by atoms with Crippen molar-refractivity contribution in [1.82, 2.24) is 15.5 Å². The first-order valence-electron chi connectivity index (χ1n) is 6.27. The molecule has 2 rings (SSSR count). The molecule has 0 aliphatic rings. The number of rotatable bonds is 5. The lowest BCUT2D eigenvalue weighted by Gasteiger charge is -2.16. The average molecular weight is 229 g/mol. The minimum Gasteiger partial charge on any atom is -0.314 e. The Morgan fingerprint density at radius 3 is 2.82 bits per heavy atom. The van der Waals surface area contributed by atoms with Gasteiger partial charge in [0, 0.05) is 11.4 Å². The summed E-state index contributed by atoms with van der Waals surface area (Å²) in [5, 5.41) is 13.0. The topological polar surface area (TPSA) is 37.8 Å². The second-order valence-electron chi connectivity index (χ2n) is 4.25. The van der Waals surface area contributed by atoms with Gasteiger partial charge in [0.15, 0.2) is 0 Å². The molecule has 1 atom stereocenters. The highest BCUT2D eigenvalue weighted by Gasteiger charge is 2.09. The fourth-order valence-corrected chi connectivity index (χ4v) is 2.14. The molecule has 1 N–H and O–H groups in total. The molecule has 1 heterocycles. The van der Waals surface area contributed by atoms with Crippen LogP contribution in [0, 0.1) is 0 Å². The van der Waals surface area contributed by atoms with Crippen LogP contribution in [0.5, 0.6) is 0 Å². The van der Waals surface area contributed by atoms with Gasteiger partial charge in [-0.1, -0.05) is 32.0 Å². The van der Waals surface area contributed by atoms with Crippen LogP contribution in [-0.4, -0.2) is 22.8 Å². The Morgan fingerprint density at radius 2 is 2.06 bits per heavy atom. The molecule has 3 nitrogen and oxygen atoms in total. The Morgan fingerprint density at radius 1 is 1.24 bits per heavy atom. The van der Waals surface area contributed by atoms with Crippen LogP contribution in [-0.2, 0) is 6.42 Å². The lowest BCUT2D eigenvalue weighted by Crippen LogP contribution is -2.30. The van der Waals surface area contributed by atoms with Gasteiger partial charge in [0.2, 0.25) is 0 Å². The van der Waals surface area contributed by atoms with Gasteiger partial charge in [0.1, 0.15) is 0 Å². The molecule has 0 aliphatic heterocycles. The number of benzene rings is 1. The lowest BCUT2D eigenvalue weighted by atomic mass is 10.0. The van der Waals surface area contributed by atoms with E-state index in [1.54, 1.807) is 0 Å². The predicted molar refractivity (Wildman–Crippen MR) is 71.0 cm³/mol. The van der Waals surface area contributed by atoms with E-state index in [-0.39, 0.29) is 0 Å². The Balaban J connectivity index is 2.28. The number of hydrogen-bond acceptors (Lipinski definition) is 3. The van der Waals surface area contributed by atoms with E-state index in [0.29, 0.717) is 6.04 Å². The van der Waals surface area contributed by atoms with E-state index in [9.17, 15) is 0 Å². The third kappa shape index (κ3) is 2.80. The summed E-state index contributed by atoms with van der Waals surface area (Å²) in [5.41, 5.74) is 2.26. The zero-order valence-electron chi connectivity index (χ0n) is 10.5. The molecule has 1 aromatic carbocycles. The van der Waals surface area contributed by atoms with Crippen LogP contribution in [0.15, 0.2) is 30.5 Å². The Bertz CT molecular complexity index is 476. The van der Waals surface area contributed by atoms with Crippen molar-refractivity contribution in [3.63, 3.8) is 0 Å². The average Bonchev–Trinajstić information content (AvgIpc) is 2.38. The number of fused-ring (bicyclic) bond motifs is 1. The number of aromatic nitrogens is 2. The van der Waals surface area contributed by atoms with Crippen LogP contribution in [0.2, 0.25) is 0 Å². The molecule has 2 aromatic rings. The highest BCUT2D eigenvalue weighted by molar-refractivity contribution is 5.81. The summed E-state index contributed by atoms with van der Waals surface area (Å²) in [7, 11) is 0. The van der Waals surface area contributed by atoms with Crippen molar-refractivity contribution in [3.05, 3.63) is 36.0 Å². The molecule has 0 fully saturated rings. The highest BCUT2D eigenvalue weighted by atomic mass is 15.1. The summed E-state index contributed by atoms with van der Waals surface area (Å²) in [6.07, 6.45) is 4.03. The standard InChI is InChI=1S/C14H19N3/c1-3-12(15-4-2)9-11-10-16-17-14-8-6-5-7-13(11)14/h5-8,10,12,15H,3-4,9H2,1-2H3. The minimum absolute atomic E-state index is 0.521. The molecule has 0 saturated heterocycles. The monoisotopic (exact) mass is 229 g/mol. The summed E-state index contributed by atoms with van der Waals surface area (Å²) in [4.78, 5) is 0. The van der Waals surface area contributed by atoms with Crippen molar-refractivity contribution in [2.45, 2.75) is 32.7 Å². The van der Waals surface area contributed by atoms with Crippen molar-refractivity contribution >= 4 is 10.9 Å². The molecule has 1 unspecified atom stereocenters. The van der Waals surface area contributed by atoms with Gasteiger partial charge in [-0.05, 0) is 31.0 Å². The molecular weight excluding hydrogens is 210 g/mol. The van der Waals surface area contributed by atoms with Crippen LogP contribution in [0.3, 0.4) is 0 Å². The smallest absolute Gasteiger partial charge is 0.0932 e. The van der Waals surface area contributed by atoms with Crippen molar-refractivity contribution in [2.24, 2.45) is 0 Å². The summed E-state index contributed by atoms with van der Waals surface area (Å²) < 4.78 is 0. The van der Waals surface area contributed by atoms with Gasteiger partial charge in [-0.3, -0.25) is 0 Å². The van der Waals surface area contributed by atoms with Gasteiger partial charge >= 0.3 is 0 Å². The fourth-order valence-electron chi connectivity index (χ4n) is 2.14. The predicted octanol–water partition coefficient (Wildman–Crippen LogP) is 2.56. The third-order valence-corrected chi connectivity index (χ3v) is 3.08. The molecule has 0 bridgehead atoms. The molecule has 1 aromatic heterocycles. The van der Waals surface area contributed by atoms with Crippen LogP contribution in [0.4, 0.5) is 0 Å². The van der Waals surface area contributed by atoms with E-state index in [4.69, 9.17) is 0 Å². The van der Waals surface area contributed by atoms with Crippen LogP contribution in [0.25, 0.3) is 10.9 Å². The van der Waals surface area contributed by atoms with Crippen LogP contribution < -0.4 is 5.32 Å². The first kappa shape index (κ1) is 12.0. The number of nitrogens with one attached hydrogen (secondary N) is 1. The molecule has 0 spiro atoms. The maximum absolute atomic E-state index is 4.15. The van der Waals surface area contributed by atoms with E-state index < -0.39 is 0 Å². The van der Waals surface area contributed by atoms with Gasteiger partial charge in [-0.15, -0.1) is 0 Å². The van der Waals surface area contributed by atoms with Crippen molar-refractivity contribution < 1.29 is 0 Å². The van der Waals surface area contributed by atoms with Gasteiger partial charge in [0.05, 0.1) is 11.7 Å². The highest BCUT2D eigenvalue weighted by Crippen LogP contribution is 2.17. The number of hydrogen-bond donors (Lipinski definition) is 1. The summed E-state index contributed by atoms with van der Waals surface area (Å²) in [6.45, 7) is 5.37. The van der Waals surface area contributed by atoms with Gasteiger partial charge in [-0.25, -0.2) is 0 Å². The largest absolute Gasteiger partial charge is 0.314 e. The number of nitrogens with zero attached hydrogens (tertiary/aromatic N) is 2. The molecule has 0 aliphatic carbocycles. The Hall–Kier alpha value is -1.48. The minimum atomic E-state index is 0.521. The van der Waals surface area contributed by atoms with E-state index in [1.807, 2.05) is 18.3 Å². The molecule has 90 valence electrons. The molecule has 0 amide bonds. The molecule has 0 saturated carbocycles. The molecule has 17 heavy (non-hydrogen) atoms. The second kappa shape index (κ2) is 5.73. The van der Waals surface area contributed by atoms with Gasteiger partial charge in [-0.2, -0.15) is 10.2 Å². The Labute approximate surface area is 102 Å². The van der Waals surface area contributed by atoms with E-state index in [1.165, 1.54) is 10.9 Å². The normalized spacial score (nSPS) is 12.8. The fraction of sp³-hybridized carbons (Fsp3) is 0.429. The lowest BCUT2D eigenvalue weighted by molar-refractivity contribution is 0.511. The first-order valence-corrected chi connectivity index (χ1v) is 6.27. The molecule has 3 heteroatoms. The summed E-state index contributed by atoms with van der Waals surface area (Å²) in [6, 6.07) is 8.72. The van der Waals surface area contributed by atoms with Crippen molar-refractivity contribution in [1.29, 1.82) is 0 Å². The summed E-state index contributed by atoms with van der Waals surface area (Å²) >= 11 is 0. The molecule has 0 radical (unpaired) electrons. The van der Waals surface area contributed by atoms with E-state index >= 15 is 0 Å². The second-order valence-corrected chi connectivity index (χ2v) is 4.25. The van der Waals surface area contributed by atoms with Gasteiger partial charge < -0.3 is 5.32 Å². The molecular formula is C14H19N3. The van der Waals surface area contributed by atoms with Crippen LogP contribution in [0.1, 0.15) is 25.8 Å². The van der Waals surface area contributed by atoms with Crippen LogP contribution >= 0.6 is 0 Å². The summed E-state index contributed by atoms with van der Waals surface area (Å²) in [5.74, 6) is 0. The maximum atomic E-state index is 4.15. The quantitative estimate of drug-likeness (QED) is 0.856. The van der Waals surface area contributed by atoms with Gasteiger partial charge in [0.25, 0.3) is 0 Å². The SMILES string of the molecule is CCNC(CC)Cc1cnnc2ccccc12. The Kier molecular flexibility index (Phi) is 4.04. The maximum Gasteiger partial charge on any atom is 0.0932 e. The zero-order valence-corrected chi connectivity index (χ0v) is 10.5.